The van der Waals surface area contributed by atoms with Crippen molar-refractivity contribution < 1.29 is 28.2 Å². The molecular formula is C19H21NO6S. The van der Waals surface area contributed by atoms with E-state index in [1.165, 1.54) is 12.1 Å². The average molecular weight is 391 g/mol. The second kappa shape index (κ2) is 6.95. The number of sulfonamides is 1. The minimum Gasteiger partial charge on any atom is -0.487 e. The minimum atomic E-state index is -4.05. The maximum atomic E-state index is 12.3. The summed E-state index contributed by atoms with van der Waals surface area (Å²) in [7, 11) is -4.05. The number of hydrogen-bond acceptors (Lipinski definition) is 5. The molecule has 1 heterocycles. The molecule has 0 spiro atoms. The van der Waals surface area contributed by atoms with Crippen molar-refractivity contribution in [3.05, 3.63) is 48.0 Å². The summed E-state index contributed by atoms with van der Waals surface area (Å²) in [5.41, 5.74) is 2.63. The van der Waals surface area contributed by atoms with Crippen LogP contribution in [0.4, 0.5) is 0 Å². The zero-order valence-electron chi connectivity index (χ0n) is 15.0. The van der Waals surface area contributed by atoms with Gasteiger partial charge in [0.05, 0.1) is 11.5 Å². The number of carboxylic acid groups (broad SMARTS) is 1. The van der Waals surface area contributed by atoms with E-state index in [4.69, 9.17) is 14.9 Å². The standard InChI is InChI=1S/C19H21NO6S/c1-19(2)10-14-9-13(5-8-17(14)26-19)12-3-6-15(7-4-12)27(24,25)20-16(11-21)18(22)23/h3-9,16,20-21H,10-11H2,1-2H3,(H,22,23). The third-order valence-electron chi connectivity index (χ3n) is 4.34. The number of rotatable bonds is 6. The van der Waals surface area contributed by atoms with Gasteiger partial charge in [-0.05, 0) is 54.8 Å². The quantitative estimate of drug-likeness (QED) is 0.692. The van der Waals surface area contributed by atoms with Gasteiger partial charge in [0.1, 0.15) is 17.4 Å². The first kappa shape index (κ1) is 19.3. The smallest absolute Gasteiger partial charge is 0.324 e. The summed E-state index contributed by atoms with van der Waals surface area (Å²) >= 11 is 0. The van der Waals surface area contributed by atoms with Crippen molar-refractivity contribution in [2.24, 2.45) is 0 Å². The molecule has 2 aromatic rings. The molecule has 1 aliphatic rings. The Balaban J connectivity index is 1.83. The molecule has 0 saturated heterocycles. The second-order valence-corrected chi connectivity index (χ2v) is 8.79. The summed E-state index contributed by atoms with van der Waals surface area (Å²) in [6, 6.07) is 10.4. The Labute approximate surface area is 157 Å². The van der Waals surface area contributed by atoms with Crippen LogP contribution in [-0.4, -0.2) is 42.8 Å². The third-order valence-corrected chi connectivity index (χ3v) is 5.83. The van der Waals surface area contributed by atoms with Gasteiger partial charge in [-0.1, -0.05) is 18.2 Å². The monoisotopic (exact) mass is 391 g/mol. The third kappa shape index (κ3) is 4.13. The van der Waals surface area contributed by atoms with Crippen molar-refractivity contribution in [3.63, 3.8) is 0 Å². The molecule has 0 saturated carbocycles. The fourth-order valence-corrected chi connectivity index (χ4v) is 4.22. The Hall–Kier alpha value is -2.42. The summed E-state index contributed by atoms with van der Waals surface area (Å²) < 4.78 is 32.4. The summed E-state index contributed by atoms with van der Waals surface area (Å²) in [5.74, 6) is -0.586. The Morgan fingerprint density at radius 2 is 1.81 bits per heavy atom. The normalized spacial score (nSPS) is 16.4. The maximum absolute atomic E-state index is 12.3. The van der Waals surface area contributed by atoms with Crippen LogP contribution in [0.25, 0.3) is 11.1 Å². The topological polar surface area (TPSA) is 113 Å². The second-order valence-electron chi connectivity index (χ2n) is 7.08. The van der Waals surface area contributed by atoms with Crippen molar-refractivity contribution in [1.29, 1.82) is 0 Å². The molecule has 144 valence electrons. The molecular weight excluding hydrogens is 370 g/mol. The number of aliphatic carboxylic acids is 1. The van der Waals surface area contributed by atoms with Gasteiger partial charge >= 0.3 is 5.97 Å². The van der Waals surface area contributed by atoms with Crippen LogP contribution >= 0.6 is 0 Å². The van der Waals surface area contributed by atoms with E-state index in [2.05, 4.69) is 0 Å². The number of carboxylic acids is 1. The van der Waals surface area contributed by atoms with Crippen LogP contribution in [0.1, 0.15) is 19.4 Å². The first-order chi connectivity index (χ1) is 12.6. The maximum Gasteiger partial charge on any atom is 0.324 e. The van der Waals surface area contributed by atoms with Crippen LogP contribution < -0.4 is 9.46 Å². The Bertz CT molecular complexity index is 966. The molecule has 1 unspecified atom stereocenters. The largest absolute Gasteiger partial charge is 0.487 e. The van der Waals surface area contributed by atoms with Gasteiger partial charge < -0.3 is 14.9 Å². The van der Waals surface area contributed by atoms with E-state index in [-0.39, 0.29) is 10.5 Å². The first-order valence-electron chi connectivity index (χ1n) is 8.40. The molecule has 0 aliphatic carbocycles. The molecule has 0 bridgehead atoms. The van der Waals surface area contributed by atoms with E-state index in [1.807, 2.05) is 36.8 Å². The van der Waals surface area contributed by atoms with Gasteiger partial charge in [0.2, 0.25) is 10.0 Å². The number of nitrogens with one attached hydrogen (secondary N) is 1. The Morgan fingerprint density at radius 1 is 1.19 bits per heavy atom. The first-order valence-corrected chi connectivity index (χ1v) is 9.88. The summed E-state index contributed by atoms with van der Waals surface area (Å²) in [4.78, 5) is 10.8. The average Bonchev–Trinajstić information content (AvgIpc) is 2.92. The predicted octanol–water partition coefficient (Wildman–Crippen LogP) is 1.79. The Morgan fingerprint density at radius 3 is 2.41 bits per heavy atom. The van der Waals surface area contributed by atoms with Crippen LogP contribution in [0.2, 0.25) is 0 Å². The lowest BCUT2D eigenvalue weighted by atomic mass is 9.98. The molecule has 27 heavy (non-hydrogen) atoms. The molecule has 3 rings (SSSR count). The fourth-order valence-electron chi connectivity index (χ4n) is 3.04. The number of aliphatic hydroxyl groups is 1. The van der Waals surface area contributed by atoms with E-state index in [0.29, 0.717) is 0 Å². The van der Waals surface area contributed by atoms with Crippen LogP contribution in [0.15, 0.2) is 47.4 Å². The lowest BCUT2D eigenvalue weighted by Crippen LogP contribution is -2.43. The van der Waals surface area contributed by atoms with Crippen molar-refractivity contribution in [2.45, 2.75) is 36.8 Å². The van der Waals surface area contributed by atoms with Gasteiger partial charge in [-0.3, -0.25) is 4.79 Å². The summed E-state index contributed by atoms with van der Waals surface area (Å²) in [6.45, 7) is 3.21. The summed E-state index contributed by atoms with van der Waals surface area (Å²) in [5, 5.41) is 17.9. The van der Waals surface area contributed by atoms with Gasteiger partial charge in [0.25, 0.3) is 0 Å². The number of hydrogen-bond donors (Lipinski definition) is 3. The molecule has 0 radical (unpaired) electrons. The van der Waals surface area contributed by atoms with E-state index < -0.39 is 28.6 Å². The number of carbonyl (C=O) groups is 1. The van der Waals surface area contributed by atoms with Crippen LogP contribution in [-0.2, 0) is 21.2 Å². The molecule has 0 amide bonds. The highest BCUT2D eigenvalue weighted by Gasteiger charge is 2.30. The zero-order chi connectivity index (χ0) is 19.8. The predicted molar refractivity (Wildman–Crippen MR) is 99.1 cm³/mol. The van der Waals surface area contributed by atoms with Gasteiger partial charge in [-0.25, -0.2) is 8.42 Å². The minimum absolute atomic E-state index is 0.0726. The van der Waals surface area contributed by atoms with Crippen molar-refractivity contribution in [2.75, 3.05) is 6.61 Å². The number of benzene rings is 2. The lowest BCUT2D eigenvalue weighted by Gasteiger charge is -2.16. The zero-order valence-corrected chi connectivity index (χ0v) is 15.8. The van der Waals surface area contributed by atoms with Gasteiger partial charge in [-0.2, -0.15) is 4.72 Å². The van der Waals surface area contributed by atoms with E-state index in [0.717, 1.165) is 28.9 Å². The highest BCUT2D eigenvalue weighted by Crippen LogP contribution is 2.37. The van der Waals surface area contributed by atoms with E-state index in [9.17, 15) is 13.2 Å². The van der Waals surface area contributed by atoms with Crippen LogP contribution in [0.3, 0.4) is 0 Å². The summed E-state index contributed by atoms with van der Waals surface area (Å²) in [6.07, 6.45) is 0.796. The van der Waals surface area contributed by atoms with Crippen molar-refractivity contribution >= 4 is 16.0 Å². The van der Waals surface area contributed by atoms with Crippen molar-refractivity contribution in [3.8, 4) is 16.9 Å². The number of fused-ring (bicyclic) bond motifs is 1. The molecule has 2 aromatic carbocycles. The Kier molecular flexibility index (Phi) is 4.98. The van der Waals surface area contributed by atoms with Gasteiger partial charge in [-0.15, -0.1) is 0 Å². The van der Waals surface area contributed by atoms with Crippen LogP contribution in [0, 0.1) is 0 Å². The molecule has 3 N–H and O–H groups in total. The fraction of sp³-hybridized carbons (Fsp3) is 0.316. The molecule has 0 fully saturated rings. The van der Waals surface area contributed by atoms with Crippen molar-refractivity contribution in [1.82, 2.24) is 4.72 Å². The highest BCUT2D eigenvalue weighted by atomic mass is 32.2. The molecule has 8 heteroatoms. The van der Waals surface area contributed by atoms with Gasteiger partial charge in [0.15, 0.2) is 0 Å². The highest BCUT2D eigenvalue weighted by molar-refractivity contribution is 7.89. The number of aliphatic hydroxyl groups excluding tert-OH is 1. The molecule has 0 aromatic heterocycles. The lowest BCUT2D eigenvalue weighted by molar-refractivity contribution is -0.139. The number of ether oxygens (including phenoxy) is 1. The SMILES string of the molecule is CC1(C)Cc2cc(-c3ccc(S(=O)(=O)NC(CO)C(=O)O)cc3)ccc2O1. The molecule has 1 atom stereocenters. The van der Waals surface area contributed by atoms with E-state index in [1.54, 1.807) is 12.1 Å². The van der Waals surface area contributed by atoms with E-state index >= 15 is 0 Å². The molecule has 7 nitrogen and oxygen atoms in total. The molecule has 1 aliphatic heterocycles. The van der Waals surface area contributed by atoms with Crippen LogP contribution in [0.5, 0.6) is 5.75 Å². The van der Waals surface area contributed by atoms with Gasteiger partial charge in [0, 0.05) is 6.42 Å².